The Hall–Kier alpha value is -0.740. The van der Waals surface area contributed by atoms with Crippen LogP contribution < -0.4 is 4.74 Å². The maximum absolute atomic E-state index is 10.5. The third kappa shape index (κ3) is 2.62. The van der Waals surface area contributed by atoms with E-state index < -0.39 is 5.97 Å². The molecular weight excluding hydrogens is 271 g/mol. The Morgan fingerprint density at radius 3 is 2.79 bits per heavy atom. The molecule has 0 amide bonds. The summed E-state index contributed by atoms with van der Waals surface area (Å²) < 4.78 is 5.70. The zero-order chi connectivity index (χ0) is 10.7. The van der Waals surface area contributed by atoms with Crippen molar-refractivity contribution in [3.8, 4) is 5.75 Å². The van der Waals surface area contributed by atoms with E-state index in [1.165, 1.54) is 7.11 Å². The summed E-state index contributed by atoms with van der Waals surface area (Å²) in [5.74, 6) is -0.326. The van der Waals surface area contributed by atoms with E-state index in [2.05, 4.69) is 15.9 Å². The minimum absolute atomic E-state index is 0.0958. The van der Waals surface area contributed by atoms with Crippen LogP contribution in [-0.4, -0.2) is 18.2 Å². The van der Waals surface area contributed by atoms with Gasteiger partial charge in [-0.1, -0.05) is 11.6 Å². The van der Waals surface area contributed by atoms with Crippen LogP contribution in [-0.2, 0) is 11.2 Å². The minimum Gasteiger partial charge on any atom is -0.496 e. The fraction of sp³-hybridized carbons (Fsp3) is 0.222. The first-order chi connectivity index (χ1) is 6.54. The number of carboxylic acids is 1. The van der Waals surface area contributed by atoms with E-state index in [4.69, 9.17) is 21.4 Å². The highest BCUT2D eigenvalue weighted by Gasteiger charge is 2.09. The SMILES string of the molecule is COc1cc(Cl)c(CC(=O)O)cc1Br. The van der Waals surface area contributed by atoms with Gasteiger partial charge in [-0.2, -0.15) is 0 Å². The lowest BCUT2D eigenvalue weighted by molar-refractivity contribution is -0.136. The maximum Gasteiger partial charge on any atom is 0.307 e. The molecule has 3 nitrogen and oxygen atoms in total. The molecule has 0 atom stereocenters. The van der Waals surface area contributed by atoms with Crippen LogP contribution in [0.5, 0.6) is 5.75 Å². The summed E-state index contributed by atoms with van der Waals surface area (Å²) >= 11 is 9.11. The van der Waals surface area contributed by atoms with Crippen LogP contribution in [0, 0.1) is 0 Å². The Bertz CT molecular complexity index is 365. The number of carbonyl (C=O) groups is 1. The molecule has 76 valence electrons. The van der Waals surface area contributed by atoms with E-state index in [-0.39, 0.29) is 6.42 Å². The van der Waals surface area contributed by atoms with Gasteiger partial charge in [-0.15, -0.1) is 0 Å². The monoisotopic (exact) mass is 278 g/mol. The molecule has 1 aromatic rings. The highest BCUT2D eigenvalue weighted by Crippen LogP contribution is 2.31. The van der Waals surface area contributed by atoms with Gasteiger partial charge in [0.25, 0.3) is 0 Å². The number of methoxy groups -OCH3 is 1. The molecule has 0 aliphatic carbocycles. The molecule has 0 bridgehead atoms. The van der Waals surface area contributed by atoms with Crippen molar-refractivity contribution in [1.82, 2.24) is 0 Å². The number of hydrogen-bond acceptors (Lipinski definition) is 2. The first kappa shape index (κ1) is 11.3. The van der Waals surface area contributed by atoms with Crippen LogP contribution in [0.1, 0.15) is 5.56 Å². The smallest absolute Gasteiger partial charge is 0.307 e. The van der Waals surface area contributed by atoms with E-state index in [0.29, 0.717) is 20.8 Å². The van der Waals surface area contributed by atoms with Crippen molar-refractivity contribution in [2.75, 3.05) is 7.11 Å². The lowest BCUT2D eigenvalue weighted by Crippen LogP contribution is -2.01. The van der Waals surface area contributed by atoms with Crippen molar-refractivity contribution in [1.29, 1.82) is 0 Å². The van der Waals surface area contributed by atoms with Crippen molar-refractivity contribution in [3.05, 3.63) is 27.2 Å². The Kier molecular flexibility index (Phi) is 3.77. The van der Waals surface area contributed by atoms with Crippen LogP contribution in [0.4, 0.5) is 0 Å². The van der Waals surface area contributed by atoms with Gasteiger partial charge >= 0.3 is 5.97 Å². The minimum atomic E-state index is -0.913. The quantitative estimate of drug-likeness (QED) is 0.925. The fourth-order valence-corrected chi connectivity index (χ4v) is 1.80. The number of aliphatic carboxylic acids is 1. The van der Waals surface area contributed by atoms with Crippen LogP contribution in [0.25, 0.3) is 0 Å². The summed E-state index contributed by atoms with van der Waals surface area (Å²) in [5, 5.41) is 9.00. The van der Waals surface area contributed by atoms with Gasteiger partial charge in [-0.05, 0) is 27.6 Å². The highest BCUT2D eigenvalue weighted by atomic mass is 79.9. The Morgan fingerprint density at radius 1 is 1.64 bits per heavy atom. The van der Waals surface area contributed by atoms with Crippen molar-refractivity contribution in [2.45, 2.75) is 6.42 Å². The van der Waals surface area contributed by atoms with Crippen LogP contribution in [0.15, 0.2) is 16.6 Å². The standard InChI is InChI=1S/C9H8BrClO3/c1-14-8-4-7(11)5(2-6(8)10)3-9(12)13/h2,4H,3H2,1H3,(H,12,13). The number of benzene rings is 1. The predicted octanol–water partition coefficient (Wildman–Crippen LogP) is 2.74. The molecule has 0 saturated carbocycles. The first-order valence-corrected chi connectivity index (χ1v) is 4.95. The average molecular weight is 280 g/mol. The van der Waals surface area contributed by atoms with Gasteiger partial charge in [0.2, 0.25) is 0 Å². The second kappa shape index (κ2) is 4.66. The average Bonchev–Trinajstić information content (AvgIpc) is 2.10. The van der Waals surface area contributed by atoms with Gasteiger partial charge in [0.05, 0.1) is 18.0 Å². The number of hydrogen-bond donors (Lipinski definition) is 1. The molecule has 0 spiro atoms. The summed E-state index contributed by atoms with van der Waals surface area (Å²) in [5.41, 5.74) is 0.562. The van der Waals surface area contributed by atoms with Crippen LogP contribution >= 0.6 is 27.5 Å². The van der Waals surface area contributed by atoms with Crippen molar-refractivity contribution < 1.29 is 14.6 Å². The van der Waals surface area contributed by atoms with E-state index in [0.717, 1.165) is 0 Å². The molecule has 5 heteroatoms. The molecule has 0 heterocycles. The summed E-state index contributed by atoms with van der Waals surface area (Å²) in [6.07, 6.45) is -0.0958. The molecule has 1 N–H and O–H groups in total. The van der Waals surface area contributed by atoms with E-state index in [1.807, 2.05) is 0 Å². The topological polar surface area (TPSA) is 46.5 Å². The number of rotatable bonds is 3. The molecule has 0 aliphatic rings. The van der Waals surface area contributed by atoms with E-state index >= 15 is 0 Å². The molecule has 1 rings (SSSR count). The maximum atomic E-state index is 10.5. The fourth-order valence-electron chi connectivity index (χ4n) is 1.02. The molecule has 14 heavy (non-hydrogen) atoms. The number of carboxylic acid groups (broad SMARTS) is 1. The molecule has 0 saturated heterocycles. The van der Waals surface area contributed by atoms with Crippen molar-refractivity contribution in [3.63, 3.8) is 0 Å². The number of ether oxygens (including phenoxy) is 1. The molecule has 0 aromatic heterocycles. The summed E-state index contributed by atoms with van der Waals surface area (Å²) in [4.78, 5) is 10.5. The van der Waals surface area contributed by atoms with E-state index in [9.17, 15) is 4.79 Å². The third-order valence-electron chi connectivity index (χ3n) is 1.66. The van der Waals surface area contributed by atoms with E-state index in [1.54, 1.807) is 12.1 Å². The molecule has 1 aromatic carbocycles. The zero-order valence-corrected chi connectivity index (χ0v) is 9.72. The van der Waals surface area contributed by atoms with Gasteiger partial charge in [-0.25, -0.2) is 0 Å². The molecule has 0 aliphatic heterocycles. The van der Waals surface area contributed by atoms with Gasteiger partial charge < -0.3 is 9.84 Å². The lowest BCUT2D eigenvalue weighted by atomic mass is 10.1. The summed E-state index contributed by atoms with van der Waals surface area (Å²) in [7, 11) is 1.52. The molecule has 0 radical (unpaired) electrons. The van der Waals surface area contributed by atoms with Gasteiger partial charge in [0.15, 0.2) is 0 Å². The van der Waals surface area contributed by atoms with Gasteiger partial charge in [0.1, 0.15) is 5.75 Å². The molecule has 0 fully saturated rings. The van der Waals surface area contributed by atoms with Crippen LogP contribution in [0.3, 0.4) is 0 Å². The Labute approximate surface area is 94.8 Å². The highest BCUT2D eigenvalue weighted by molar-refractivity contribution is 9.10. The second-order valence-electron chi connectivity index (χ2n) is 2.65. The molecule has 0 unspecified atom stereocenters. The van der Waals surface area contributed by atoms with Crippen LogP contribution in [0.2, 0.25) is 5.02 Å². The van der Waals surface area contributed by atoms with Gasteiger partial charge in [0, 0.05) is 11.1 Å². The lowest BCUT2D eigenvalue weighted by Gasteiger charge is -2.07. The molecular formula is C9H8BrClO3. The largest absolute Gasteiger partial charge is 0.496 e. The van der Waals surface area contributed by atoms with Crippen molar-refractivity contribution in [2.24, 2.45) is 0 Å². The second-order valence-corrected chi connectivity index (χ2v) is 3.91. The number of halogens is 2. The normalized spacial score (nSPS) is 9.93. The summed E-state index contributed by atoms with van der Waals surface area (Å²) in [6, 6.07) is 3.24. The zero-order valence-electron chi connectivity index (χ0n) is 7.38. The summed E-state index contributed by atoms with van der Waals surface area (Å²) in [6.45, 7) is 0. The first-order valence-electron chi connectivity index (χ1n) is 3.78. The Balaban J connectivity index is 3.08. The van der Waals surface area contributed by atoms with Crippen molar-refractivity contribution >= 4 is 33.5 Å². The predicted molar refractivity (Wildman–Crippen MR) is 57.0 cm³/mol. The third-order valence-corrected chi connectivity index (χ3v) is 2.63. The van der Waals surface area contributed by atoms with Gasteiger partial charge in [-0.3, -0.25) is 4.79 Å². The Morgan fingerprint density at radius 2 is 2.29 bits per heavy atom.